The van der Waals surface area contributed by atoms with Crippen molar-refractivity contribution in [3.05, 3.63) is 199 Å². The Morgan fingerprint density at radius 2 is 0.980 bits per heavy atom. The standard InChI is InChI=1S/C45H30N4/c1-3-11-30(12-4-1)37-27-38(31-20-22-32(23-21-31)41-19-7-8-24-46-41)29-40(28-37)45-48-43(34-13-5-2-6-14-34)47-44(49-45)39-25-35-17-9-15-33-16-10-18-36(26-39)42(33)35/h1-29,42H. The molecule has 0 radical (unpaired) electrons. The first kappa shape index (κ1) is 28.7. The Hall–Kier alpha value is -6.52. The summed E-state index contributed by atoms with van der Waals surface area (Å²) in [6.07, 6.45) is 19.3. The summed E-state index contributed by atoms with van der Waals surface area (Å²) in [5.74, 6) is 2.18. The Morgan fingerprint density at radius 3 is 1.69 bits per heavy atom. The van der Waals surface area contributed by atoms with Gasteiger partial charge < -0.3 is 0 Å². The van der Waals surface area contributed by atoms with E-state index in [1.807, 2.05) is 48.7 Å². The molecule has 1 atom stereocenters. The average Bonchev–Trinajstić information content (AvgIpc) is 3.19. The van der Waals surface area contributed by atoms with Crippen LogP contribution in [0.2, 0.25) is 0 Å². The summed E-state index contributed by atoms with van der Waals surface area (Å²) in [4.78, 5) is 19.9. The van der Waals surface area contributed by atoms with Gasteiger partial charge in [0.25, 0.3) is 0 Å². The summed E-state index contributed by atoms with van der Waals surface area (Å²) in [5, 5.41) is 0. The molecule has 6 aromatic rings. The quantitative estimate of drug-likeness (QED) is 0.185. The van der Waals surface area contributed by atoms with Gasteiger partial charge in [-0.2, -0.15) is 0 Å². The van der Waals surface area contributed by atoms with Crippen molar-refractivity contribution >= 4 is 5.57 Å². The molecule has 2 aromatic heterocycles. The van der Waals surface area contributed by atoms with Crippen LogP contribution in [0, 0.1) is 5.92 Å². The number of hydrogen-bond acceptors (Lipinski definition) is 4. The van der Waals surface area contributed by atoms with Gasteiger partial charge in [-0.15, -0.1) is 0 Å². The lowest BCUT2D eigenvalue weighted by atomic mass is 9.75. The van der Waals surface area contributed by atoms with Crippen LogP contribution >= 0.6 is 0 Å². The smallest absolute Gasteiger partial charge is 0.164 e. The zero-order valence-corrected chi connectivity index (χ0v) is 26.6. The van der Waals surface area contributed by atoms with Crippen molar-refractivity contribution in [3.8, 4) is 56.3 Å². The van der Waals surface area contributed by atoms with Gasteiger partial charge in [0.2, 0.25) is 0 Å². The normalized spacial score (nSPS) is 15.9. The van der Waals surface area contributed by atoms with E-state index in [1.54, 1.807) is 0 Å². The second-order valence-electron chi connectivity index (χ2n) is 12.4. The van der Waals surface area contributed by atoms with Crippen molar-refractivity contribution in [2.75, 3.05) is 0 Å². The average molecular weight is 627 g/mol. The summed E-state index contributed by atoms with van der Waals surface area (Å²) in [6.45, 7) is 0. The largest absolute Gasteiger partial charge is 0.256 e. The Kier molecular flexibility index (Phi) is 7.17. The predicted octanol–water partition coefficient (Wildman–Crippen LogP) is 10.5. The Bertz CT molecular complexity index is 2390. The molecule has 4 heteroatoms. The van der Waals surface area contributed by atoms with Crippen LogP contribution in [0.15, 0.2) is 193 Å². The molecule has 3 aliphatic carbocycles. The molecular formula is C45H30N4. The number of hydrogen-bond donors (Lipinski definition) is 0. The number of pyridine rings is 1. The fourth-order valence-corrected chi connectivity index (χ4v) is 6.79. The summed E-state index contributed by atoms with van der Waals surface area (Å²) in [6, 6.07) is 41.8. The fraction of sp³-hybridized carbons (Fsp3) is 0.0222. The molecule has 0 spiro atoms. The molecule has 0 saturated heterocycles. The third-order valence-electron chi connectivity index (χ3n) is 9.20. The van der Waals surface area contributed by atoms with Gasteiger partial charge in [-0.3, -0.25) is 4.98 Å². The number of allylic oxidation sites excluding steroid dienone is 12. The van der Waals surface area contributed by atoms with Gasteiger partial charge >= 0.3 is 0 Å². The van der Waals surface area contributed by atoms with Gasteiger partial charge in [-0.05, 0) is 81.5 Å². The predicted molar refractivity (Wildman–Crippen MR) is 199 cm³/mol. The van der Waals surface area contributed by atoms with Crippen LogP contribution in [-0.2, 0) is 0 Å². The van der Waals surface area contributed by atoms with E-state index in [-0.39, 0.29) is 5.92 Å². The highest BCUT2D eigenvalue weighted by molar-refractivity contribution is 5.83. The Labute approximate surface area is 285 Å². The first-order chi connectivity index (χ1) is 24.2. The van der Waals surface area contributed by atoms with Crippen molar-refractivity contribution in [2.24, 2.45) is 5.92 Å². The fourth-order valence-electron chi connectivity index (χ4n) is 6.79. The van der Waals surface area contributed by atoms with Crippen molar-refractivity contribution < 1.29 is 0 Å². The van der Waals surface area contributed by atoms with Crippen molar-refractivity contribution in [2.45, 2.75) is 0 Å². The molecule has 49 heavy (non-hydrogen) atoms. The maximum atomic E-state index is 5.19. The summed E-state index contributed by atoms with van der Waals surface area (Å²) in [5.41, 5.74) is 13.1. The molecule has 0 bridgehead atoms. The molecular weight excluding hydrogens is 597 g/mol. The third-order valence-corrected chi connectivity index (χ3v) is 9.20. The van der Waals surface area contributed by atoms with E-state index in [9.17, 15) is 0 Å². The lowest BCUT2D eigenvalue weighted by molar-refractivity contribution is 0.878. The van der Waals surface area contributed by atoms with Gasteiger partial charge in [-0.25, -0.2) is 15.0 Å². The van der Waals surface area contributed by atoms with Crippen LogP contribution in [-0.4, -0.2) is 19.9 Å². The molecule has 0 fully saturated rings. The van der Waals surface area contributed by atoms with Crippen molar-refractivity contribution in [1.82, 2.24) is 19.9 Å². The lowest BCUT2D eigenvalue weighted by Crippen LogP contribution is -2.16. The van der Waals surface area contributed by atoms with Crippen LogP contribution in [0.25, 0.3) is 61.9 Å². The molecule has 9 rings (SSSR count). The number of aromatic nitrogens is 4. The maximum absolute atomic E-state index is 5.19. The third kappa shape index (κ3) is 5.60. The van der Waals surface area contributed by atoms with E-state index in [2.05, 4.69) is 132 Å². The van der Waals surface area contributed by atoms with Gasteiger partial charge in [0.15, 0.2) is 17.5 Å². The molecule has 0 amide bonds. The summed E-state index contributed by atoms with van der Waals surface area (Å²) >= 11 is 0. The van der Waals surface area contributed by atoms with Gasteiger partial charge in [0.05, 0.1) is 5.69 Å². The highest BCUT2D eigenvalue weighted by Gasteiger charge is 2.28. The van der Waals surface area contributed by atoms with E-state index in [4.69, 9.17) is 15.0 Å². The van der Waals surface area contributed by atoms with E-state index in [1.165, 1.54) is 16.7 Å². The van der Waals surface area contributed by atoms with Crippen LogP contribution in [0.1, 0.15) is 5.82 Å². The number of benzene rings is 4. The summed E-state index contributed by atoms with van der Waals surface area (Å²) in [7, 11) is 0. The van der Waals surface area contributed by atoms with E-state index in [0.29, 0.717) is 17.5 Å². The molecule has 230 valence electrons. The SMILES string of the molecule is C1=CC2=CC=CC3=CC(c4nc(-c5ccccc5)nc(-c5cc(-c6ccccc6)cc(-c6ccc(-c7ccccn7)cc6)c5)n4)=CC(=C1)C23. The van der Waals surface area contributed by atoms with Crippen molar-refractivity contribution in [1.29, 1.82) is 0 Å². The minimum Gasteiger partial charge on any atom is -0.256 e. The highest BCUT2D eigenvalue weighted by Crippen LogP contribution is 2.42. The van der Waals surface area contributed by atoms with Gasteiger partial charge in [-0.1, -0.05) is 127 Å². The molecule has 0 N–H and O–H groups in total. The number of nitrogens with zero attached hydrogens (tertiary/aromatic N) is 4. The van der Waals surface area contributed by atoms with Crippen molar-refractivity contribution in [3.63, 3.8) is 0 Å². The maximum Gasteiger partial charge on any atom is 0.164 e. The first-order valence-electron chi connectivity index (χ1n) is 16.5. The zero-order valence-electron chi connectivity index (χ0n) is 26.6. The molecule has 1 unspecified atom stereocenters. The van der Waals surface area contributed by atoms with E-state index >= 15 is 0 Å². The first-order valence-corrected chi connectivity index (χ1v) is 16.5. The van der Waals surface area contributed by atoms with Gasteiger partial charge in [0, 0.05) is 34.4 Å². The second kappa shape index (κ2) is 12.3. The molecule has 0 aliphatic heterocycles. The zero-order chi connectivity index (χ0) is 32.6. The van der Waals surface area contributed by atoms with Gasteiger partial charge in [0.1, 0.15) is 0 Å². The number of rotatable bonds is 6. The van der Waals surface area contributed by atoms with Crippen LogP contribution < -0.4 is 0 Å². The monoisotopic (exact) mass is 626 g/mol. The molecule has 4 nitrogen and oxygen atoms in total. The molecule has 3 aliphatic rings. The van der Waals surface area contributed by atoms with Crippen LogP contribution in [0.4, 0.5) is 0 Å². The molecule has 0 saturated carbocycles. The molecule has 4 aromatic carbocycles. The van der Waals surface area contributed by atoms with E-state index < -0.39 is 0 Å². The second-order valence-corrected chi connectivity index (χ2v) is 12.4. The molecule has 2 heterocycles. The Morgan fingerprint density at radius 1 is 0.408 bits per heavy atom. The van der Waals surface area contributed by atoms with E-state index in [0.717, 1.165) is 50.2 Å². The topological polar surface area (TPSA) is 51.6 Å². The minimum atomic E-state index is 0.253. The Balaban J connectivity index is 1.21. The highest BCUT2D eigenvalue weighted by atomic mass is 15.0. The lowest BCUT2D eigenvalue weighted by Gasteiger charge is -2.29. The minimum absolute atomic E-state index is 0.253. The van der Waals surface area contributed by atoms with Crippen LogP contribution in [0.5, 0.6) is 0 Å². The summed E-state index contributed by atoms with van der Waals surface area (Å²) < 4.78 is 0. The van der Waals surface area contributed by atoms with Crippen LogP contribution in [0.3, 0.4) is 0 Å².